The van der Waals surface area contributed by atoms with Crippen LogP contribution in [0.2, 0.25) is 0 Å². The lowest BCUT2D eigenvalue weighted by Crippen LogP contribution is -2.39. The average Bonchev–Trinajstić information content (AvgIpc) is 2.64. The van der Waals surface area contributed by atoms with E-state index in [9.17, 15) is 14.7 Å². The third-order valence-electron chi connectivity index (χ3n) is 4.11. The minimum Gasteiger partial charge on any atom is -0.479 e. The highest BCUT2D eigenvalue weighted by Crippen LogP contribution is 2.23. The van der Waals surface area contributed by atoms with Gasteiger partial charge in [-0.2, -0.15) is 0 Å². The molecule has 0 bridgehead atoms. The average molecular weight is 396 g/mol. The topological polar surface area (TPSA) is 88.5 Å². The van der Waals surface area contributed by atoms with E-state index in [2.05, 4.69) is 24.1 Å². The smallest absolute Gasteiger partial charge is 0.330 e. The normalized spacial score (nSPS) is 12.8. The highest BCUT2D eigenvalue weighted by atomic mass is 16.5. The lowest BCUT2D eigenvalue weighted by Gasteiger charge is -2.15. The van der Waals surface area contributed by atoms with Crippen LogP contribution in [0.3, 0.4) is 0 Å². The van der Waals surface area contributed by atoms with Gasteiger partial charge in [-0.1, -0.05) is 58.9 Å². The van der Waals surface area contributed by atoms with Crippen LogP contribution in [0.15, 0.2) is 54.7 Å². The van der Waals surface area contributed by atoms with Crippen LogP contribution in [-0.4, -0.2) is 28.0 Å². The lowest BCUT2D eigenvalue weighted by molar-refractivity contribution is -0.137. The molecule has 1 atom stereocenters. The minimum atomic E-state index is -1.13. The summed E-state index contributed by atoms with van der Waals surface area (Å²) < 4.78 is 5.73. The molecule has 6 nitrogen and oxygen atoms in total. The van der Waals surface area contributed by atoms with Gasteiger partial charge in [0.1, 0.15) is 11.8 Å². The summed E-state index contributed by atoms with van der Waals surface area (Å²) in [6.45, 7) is 10.1. The predicted molar refractivity (Wildman–Crippen MR) is 112 cm³/mol. The summed E-state index contributed by atoms with van der Waals surface area (Å²) in [5.74, 6) is -0.361. The van der Waals surface area contributed by atoms with Crippen LogP contribution < -0.4 is 10.1 Å². The number of nitrogens with zero attached hydrogens (tertiary/aromatic N) is 1. The van der Waals surface area contributed by atoms with Crippen LogP contribution >= 0.6 is 0 Å². The monoisotopic (exact) mass is 396 g/mol. The Morgan fingerprint density at radius 2 is 1.79 bits per heavy atom. The lowest BCUT2D eigenvalue weighted by atomic mass is 9.95. The van der Waals surface area contributed by atoms with Crippen LogP contribution in [0, 0.1) is 5.41 Å². The highest BCUT2D eigenvalue weighted by molar-refractivity contribution is 5.97. The third-order valence-corrected chi connectivity index (χ3v) is 4.11. The zero-order chi connectivity index (χ0) is 21.6. The summed E-state index contributed by atoms with van der Waals surface area (Å²) in [5, 5.41) is 11.9. The molecule has 6 heteroatoms. The molecule has 1 amide bonds. The maximum atomic E-state index is 12.5. The molecule has 1 aromatic carbocycles. The number of pyridine rings is 1. The van der Waals surface area contributed by atoms with Crippen molar-refractivity contribution in [3.63, 3.8) is 0 Å². The molecule has 1 aromatic heterocycles. The Labute approximate surface area is 171 Å². The number of hydrogen-bond donors (Lipinski definition) is 2. The fourth-order valence-corrected chi connectivity index (χ4v) is 2.45. The second kappa shape index (κ2) is 9.37. The van der Waals surface area contributed by atoms with Crippen molar-refractivity contribution in [2.45, 2.75) is 46.6 Å². The van der Waals surface area contributed by atoms with Gasteiger partial charge < -0.3 is 15.2 Å². The Bertz CT molecular complexity index is 880. The van der Waals surface area contributed by atoms with Crippen molar-refractivity contribution in [1.29, 1.82) is 0 Å². The van der Waals surface area contributed by atoms with Crippen molar-refractivity contribution in [3.05, 3.63) is 65.9 Å². The van der Waals surface area contributed by atoms with Crippen molar-refractivity contribution in [1.82, 2.24) is 10.3 Å². The van der Waals surface area contributed by atoms with Gasteiger partial charge in [0.15, 0.2) is 0 Å². The van der Waals surface area contributed by atoms with Gasteiger partial charge in [-0.25, -0.2) is 9.78 Å². The zero-order valence-corrected chi connectivity index (χ0v) is 17.5. The van der Waals surface area contributed by atoms with Gasteiger partial charge in [-0.3, -0.25) is 4.79 Å². The summed E-state index contributed by atoms with van der Waals surface area (Å²) in [6.07, 6.45) is 4.69. The molecule has 29 heavy (non-hydrogen) atoms. The molecule has 0 fully saturated rings. The highest BCUT2D eigenvalue weighted by Gasteiger charge is 2.19. The molecular weight excluding hydrogens is 368 g/mol. The molecule has 0 saturated heterocycles. The maximum absolute atomic E-state index is 12.5. The largest absolute Gasteiger partial charge is 0.479 e. The summed E-state index contributed by atoms with van der Waals surface area (Å²) >= 11 is 0. The number of ether oxygens (including phenoxy) is 1. The van der Waals surface area contributed by atoms with E-state index >= 15 is 0 Å². The Morgan fingerprint density at radius 1 is 1.14 bits per heavy atom. The van der Waals surface area contributed by atoms with Gasteiger partial charge in [-0.05, 0) is 35.1 Å². The Kier molecular flexibility index (Phi) is 7.15. The molecule has 1 heterocycles. The van der Waals surface area contributed by atoms with Gasteiger partial charge in [-0.15, -0.1) is 0 Å². The summed E-state index contributed by atoms with van der Waals surface area (Å²) in [7, 11) is 0. The first-order chi connectivity index (χ1) is 13.5. The van der Waals surface area contributed by atoms with E-state index in [1.807, 2.05) is 45.0 Å². The van der Waals surface area contributed by atoms with E-state index in [0.717, 1.165) is 0 Å². The van der Waals surface area contributed by atoms with Crippen molar-refractivity contribution in [3.8, 4) is 11.6 Å². The van der Waals surface area contributed by atoms with Crippen LogP contribution in [0.4, 0.5) is 0 Å². The predicted octanol–water partition coefficient (Wildman–Crippen LogP) is 4.78. The number of aliphatic carboxylic acids is 1. The van der Waals surface area contributed by atoms with Gasteiger partial charge in [0.25, 0.3) is 5.91 Å². The minimum absolute atomic E-state index is 0.193. The van der Waals surface area contributed by atoms with Gasteiger partial charge in [0.2, 0.25) is 5.88 Å². The zero-order valence-electron chi connectivity index (χ0n) is 17.5. The first kappa shape index (κ1) is 22.1. The van der Waals surface area contributed by atoms with E-state index in [4.69, 9.17) is 4.74 Å². The number of carboxylic acids is 1. The van der Waals surface area contributed by atoms with Crippen LogP contribution in [-0.2, 0) is 4.79 Å². The number of carbonyl (C=O) groups is 2. The van der Waals surface area contributed by atoms with E-state index in [0.29, 0.717) is 11.7 Å². The Morgan fingerprint density at radius 3 is 2.34 bits per heavy atom. The number of amides is 1. The number of nitrogens with one attached hydrogen (secondary N) is 1. The van der Waals surface area contributed by atoms with E-state index in [-0.39, 0.29) is 16.9 Å². The number of allylic oxidation sites excluding steroid dienone is 1. The van der Waals surface area contributed by atoms with Gasteiger partial charge >= 0.3 is 5.97 Å². The van der Waals surface area contributed by atoms with Crippen LogP contribution in [0.5, 0.6) is 11.6 Å². The van der Waals surface area contributed by atoms with E-state index in [1.165, 1.54) is 30.0 Å². The van der Waals surface area contributed by atoms with Crippen molar-refractivity contribution in [2.24, 2.45) is 5.41 Å². The second-order valence-corrected chi connectivity index (χ2v) is 8.22. The number of carbonyl (C=O) groups excluding carboxylic acids is 1. The molecule has 1 unspecified atom stereocenters. The quantitative estimate of drug-likeness (QED) is 0.657. The molecule has 2 rings (SSSR count). The molecule has 2 N–H and O–H groups in total. The molecule has 0 aliphatic rings. The number of aromatic nitrogens is 1. The summed E-state index contributed by atoms with van der Waals surface area (Å²) in [4.78, 5) is 28.1. The third kappa shape index (κ3) is 7.07. The van der Waals surface area contributed by atoms with E-state index in [1.54, 1.807) is 6.08 Å². The molecule has 154 valence electrons. The molecule has 0 radical (unpaired) electrons. The first-order valence-electron chi connectivity index (χ1n) is 9.52. The fourth-order valence-electron chi connectivity index (χ4n) is 2.45. The number of carboxylic acid groups (broad SMARTS) is 1. The molecule has 0 spiro atoms. The van der Waals surface area contributed by atoms with E-state index < -0.39 is 17.9 Å². The van der Waals surface area contributed by atoms with Crippen molar-refractivity contribution < 1.29 is 19.4 Å². The van der Waals surface area contributed by atoms with Crippen molar-refractivity contribution in [2.75, 3.05) is 0 Å². The standard InChI is InChI=1S/C23H28N2O4/c1-15(2)16-6-8-18(9-7-16)29-20-14-17(11-13-24-20)21(26)25-19(22(27)28)10-12-23(3,4)5/h6-15,19H,1-5H3,(H,25,26)(H,27,28)/b12-10+. The first-order valence-corrected chi connectivity index (χ1v) is 9.52. The summed E-state index contributed by atoms with van der Waals surface area (Å²) in [5.41, 5.74) is 1.27. The number of rotatable bonds is 7. The van der Waals surface area contributed by atoms with Gasteiger partial charge in [0.05, 0.1) is 0 Å². The Hall–Kier alpha value is -3.15. The SMILES string of the molecule is CC(C)c1ccc(Oc2cc(C(=O)NC(/C=C/C(C)(C)C)C(=O)O)ccn2)cc1. The number of benzene rings is 1. The maximum Gasteiger partial charge on any atom is 0.330 e. The van der Waals surface area contributed by atoms with Gasteiger partial charge in [0, 0.05) is 17.8 Å². The molecular formula is C23H28N2O4. The molecule has 0 saturated carbocycles. The molecule has 0 aliphatic carbocycles. The molecule has 0 aliphatic heterocycles. The number of hydrogen-bond acceptors (Lipinski definition) is 4. The second-order valence-electron chi connectivity index (χ2n) is 8.22. The fraction of sp³-hybridized carbons (Fsp3) is 0.348. The molecule has 2 aromatic rings. The summed E-state index contributed by atoms with van der Waals surface area (Å²) in [6, 6.07) is 9.53. The van der Waals surface area contributed by atoms with Crippen LogP contribution in [0.25, 0.3) is 0 Å². The Balaban J connectivity index is 2.11. The van der Waals surface area contributed by atoms with Crippen molar-refractivity contribution >= 4 is 11.9 Å². The van der Waals surface area contributed by atoms with Crippen LogP contribution in [0.1, 0.15) is 56.5 Å².